The number of rotatable bonds is 2. The molecule has 0 aliphatic carbocycles. The number of methoxy groups -OCH3 is 1. The first-order valence-corrected chi connectivity index (χ1v) is 5.97. The Morgan fingerprint density at radius 2 is 2.11 bits per heavy atom. The topological polar surface area (TPSA) is 79.7 Å². The van der Waals surface area contributed by atoms with Gasteiger partial charge >= 0.3 is 0 Å². The maximum Gasteiger partial charge on any atom is 0.222 e. The minimum absolute atomic E-state index is 0.211. The van der Waals surface area contributed by atoms with Crippen LogP contribution in [0, 0.1) is 0 Å². The van der Waals surface area contributed by atoms with Crippen molar-refractivity contribution < 1.29 is 18.7 Å². The Bertz CT molecular complexity index is 626. The van der Waals surface area contributed by atoms with Crippen LogP contribution in [-0.4, -0.2) is 25.5 Å². The second kappa shape index (κ2) is 4.55. The Kier molecular flexibility index (Phi) is 2.87. The summed E-state index contributed by atoms with van der Waals surface area (Å²) < 4.78 is 21.2. The average Bonchev–Trinajstić information content (AvgIpc) is 2.85. The van der Waals surface area contributed by atoms with Crippen molar-refractivity contribution in [1.29, 1.82) is 0 Å². The van der Waals surface area contributed by atoms with E-state index in [0.717, 1.165) is 0 Å². The van der Waals surface area contributed by atoms with Crippen molar-refractivity contribution in [3.8, 4) is 28.5 Å². The molecule has 2 heterocycles. The number of nitrogen functional groups attached to an aromatic ring is 1. The van der Waals surface area contributed by atoms with Gasteiger partial charge in [-0.05, 0) is 6.07 Å². The fourth-order valence-corrected chi connectivity index (χ4v) is 2.26. The third kappa shape index (κ3) is 1.94. The smallest absolute Gasteiger partial charge is 0.222 e. The summed E-state index contributed by atoms with van der Waals surface area (Å²) in [5.74, 6) is 1.68. The highest BCUT2D eigenvalue weighted by molar-refractivity contribution is 6.34. The molecule has 6 nitrogen and oxygen atoms in total. The largest absolute Gasteiger partial charge is 0.494 e. The molecule has 1 aliphatic rings. The van der Waals surface area contributed by atoms with Gasteiger partial charge in [-0.1, -0.05) is 16.8 Å². The molecule has 2 N–H and O–H groups in total. The Morgan fingerprint density at radius 1 is 1.32 bits per heavy atom. The van der Waals surface area contributed by atoms with Gasteiger partial charge in [-0.15, -0.1) is 0 Å². The third-order valence-electron chi connectivity index (χ3n) is 2.74. The molecule has 0 spiro atoms. The molecule has 1 aromatic carbocycles. The quantitative estimate of drug-likeness (QED) is 0.911. The lowest BCUT2D eigenvalue weighted by Crippen LogP contribution is -2.16. The highest BCUT2D eigenvalue weighted by Crippen LogP contribution is 2.48. The van der Waals surface area contributed by atoms with Crippen LogP contribution >= 0.6 is 11.6 Å². The molecule has 2 aromatic rings. The molecule has 100 valence electrons. The van der Waals surface area contributed by atoms with Gasteiger partial charge in [0.05, 0.1) is 12.7 Å². The molecule has 0 saturated heterocycles. The second-order valence-electron chi connectivity index (χ2n) is 3.91. The number of hydrogen-bond donors (Lipinski definition) is 1. The fraction of sp³-hybridized carbons (Fsp3) is 0.250. The minimum atomic E-state index is 0.211. The lowest BCUT2D eigenvalue weighted by Gasteiger charge is -2.21. The monoisotopic (exact) mass is 282 g/mol. The van der Waals surface area contributed by atoms with Gasteiger partial charge in [0.2, 0.25) is 5.88 Å². The Hall–Kier alpha value is -2.08. The van der Waals surface area contributed by atoms with E-state index < -0.39 is 0 Å². The maximum atomic E-state index is 6.27. The van der Waals surface area contributed by atoms with Crippen LogP contribution in [0.4, 0.5) is 5.88 Å². The van der Waals surface area contributed by atoms with Crippen LogP contribution in [0.25, 0.3) is 11.3 Å². The fourth-order valence-electron chi connectivity index (χ4n) is 1.93. The lowest BCUT2D eigenvalue weighted by atomic mass is 10.1. The number of hydrogen-bond acceptors (Lipinski definition) is 6. The van der Waals surface area contributed by atoms with Crippen molar-refractivity contribution in [2.24, 2.45) is 0 Å². The maximum absolute atomic E-state index is 6.27. The van der Waals surface area contributed by atoms with Gasteiger partial charge in [-0.2, -0.15) is 0 Å². The van der Waals surface area contributed by atoms with E-state index in [-0.39, 0.29) is 5.88 Å². The normalized spacial score (nSPS) is 13.4. The van der Waals surface area contributed by atoms with E-state index in [0.29, 0.717) is 46.7 Å². The molecule has 3 rings (SSSR count). The number of nitrogens with zero attached hydrogens (tertiary/aromatic N) is 1. The van der Waals surface area contributed by atoms with E-state index >= 15 is 0 Å². The molecule has 0 bridgehead atoms. The molecule has 1 aromatic heterocycles. The third-order valence-corrected chi connectivity index (χ3v) is 3.08. The zero-order valence-corrected chi connectivity index (χ0v) is 10.9. The van der Waals surface area contributed by atoms with Crippen LogP contribution < -0.4 is 19.9 Å². The minimum Gasteiger partial charge on any atom is -0.494 e. The summed E-state index contributed by atoms with van der Waals surface area (Å²) in [5.41, 5.74) is 6.68. The summed E-state index contributed by atoms with van der Waals surface area (Å²) in [6.45, 7) is 0.919. The second-order valence-corrected chi connectivity index (χ2v) is 4.29. The zero-order chi connectivity index (χ0) is 13.4. The average molecular weight is 283 g/mol. The first-order valence-electron chi connectivity index (χ1n) is 5.59. The summed E-state index contributed by atoms with van der Waals surface area (Å²) in [7, 11) is 1.52. The van der Waals surface area contributed by atoms with Crippen LogP contribution in [0.5, 0.6) is 17.2 Å². The standard InChI is InChI=1S/C12H11ClN2O4/c1-16-11-6(7-5-9(14)19-15-7)4-8-12(10(11)13)18-3-2-17-8/h4-5H,2-3,14H2,1H3. The zero-order valence-electron chi connectivity index (χ0n) is 10.1. The van der Waals surface area contributed by atoms with Crippen molar-refractivity contribution in [2.45, 2.75) is 0 Å². The highest BCUT2D eigenvalue weighted by Gasteiger charge is 2.24. The summed E-state index contributed by atoms with van der Waals surface area (Å²) in [5, 5.41) is 4.19. The lowest BCUT2D eigenvalue weighted by molar-refractivity contribution is 0.171. The van der Waals surface area contributed by atoms with Crippen LogP contribution in [0.15, 0.2) is 16.7 Å². The number of aromatic nitrogens is 1. The van der Waals surface area contributed by atoms with E-state index in [4.69, 9.17) is 36.1 Å². The molecule has 0 saturated carbocycles. The highest BCUT2D eigenvalue weighted by atomic mass is 35.5. The number of ether oxygens (including phenoxy) is 3. The SMILES string of the molecule is COc1c(-c2cc(N)on2)cc2c(c1Cl)OCCO2. The molecular weight excluding hydrogens is 272 g/mol. The summed E-state index contributed by atoms with van der Waals surface area (Å²) >= 11 is 6.27. The Balaban J connectivity index is 2.21. The van der Waals surface area contributed by atoms with Crippen LogP contribution in [-0.2, 0) is 0 Å². The van der Waals surface area contributed by atoms with Gasteiger partial charge in [0.25, 0.3) is 0 Å². The van der Waals surface area contributed by atoms with Crippen LogP contribution in [0.1, 0.15) is 0 Å². The number of halogens is 1. The molecule has 19 heavy (non-hydrogen) atoms. The molecule has 0 atom stereocenters. The number of anilines is 1. The summed E-state index contributed by atoms with van der Waals surface area (Å²) in [6, 6.07) is 3.33. The van der Waals surface area contributed by atoms with E-state index in [9.17, 15) is 0 Å². The van der Waals surface area contributed by atoms with Gasteiger partial charge in [-0.25, -0.2) is 0 Å². The number of benzene rings is 1. The Labute approximate surface area is 114 Å². The summed E-state index contributed by atoms with van der Waals surface area (Å²) in [4.78, 5) is 0. The molecule has 0 amide bonds. The van der Waals surface area contributed by atoms with Crippen LogP contribution in [0.2, 0.25) is 5.02 Å². The van der Waals surface area contributed by atoms with Crippen molar-refractivity contribution in [3.63, 3.8) is 0 Å². The van der Waals surface area contributed by atoms with Gasteiger partial charge < -0.3 is 24.5 Å². The van der Waals surface area contributed by atoms with E-state index in [1.807, 2.05) is 0 Å². The van der Waals surface area contributed by atoms with Gasteiger partial charge in [0, 0.05) is 6.07 Å². The predicted octanol–water partition coefficient (Wildman–Crippen LogP) is 2.36. The van der Waals surface area contributed by atoms with Crippen molar-refractivity contribution in [2.75, 3.05) is 26.1 Å². The van der Waals surface area contributed by atoms with E-state index in [1.165, 1.54) is 7.11 Å². The molecule has 0 unspecified atom stereocenters. The molecule has 0 fully saturated rings. The van der Waals surface area contributed by atoms with Gasteiger partial charge in [-0.3, -0.25) is 0 Å². The van der Waals surface area contributed by atoms with Gasteiger partial charge in [0.1, 0.15) is 23.9 Å². The first kappa shape index (κ1) is 12.0. The predicted molar refractivity (Wildman–Crippen MR) is 68.9 cm³/mol. The first-order chi connectivity index (χ1) is 9.20. The Morgan fingerprint density at radius 3 is 2.79 bits per heavy atom. The van der Waals surface area contributed by atoms with Crippen molar-refractivity contribution in [3.05, 3.63) is 17.2 Å². The molecular formula is C12H11ClN2O4. The van der Waals surface area contributed by atoms with Crippen molar-refractivity contribution in [1.82, 2.24) is 5.16 Å². The van der Waals surface area contributed by atoms with E-state index in [1.54, 1.807) is 12.1 Å². The summed E-state index contributed by atoms with van der Waals surface area (Å²) in [6.07, 6.45) is 0. The molecule has 7 heteroatoms. The van der Waals surface area contributed by atoms with E-state index in [2.05, 4.69) is 5.16 Å². The van der Waals surface area contributed by atoms with Gasteiger partial charge in [0.15, 0.2) is 17.2 Å². The van der Waals surface area contributed by atoms with Crippen LogP contribution in [0.3, 0.4) is 0 Å². The molecule has 0 radical (unpaired) electrons. The molecule has 1 aliphatic heterocycles. The van der Waals surface area contributed by atoms with Crippen molar-refractivity contribution >= 4 is 17.5 Å². The number of nitrogens with two attached hydrogens (primary N) is 1. The number of fused-ring (bicyclic) bond motifs is 1.